The molecule has 1 aliphatic heterocycles. The molecule has 2 unspecified atom stereocenters. The van der Waals surface area contributed by atoms with Crippen LogP contribution in [0.4, 0.5) is 0 Å². The van der Waals surface area contributed by atoms with Crippen LogP contribution in [-0.2, 0) is 19.5 Å². The molecule has 2 rings (SSSR count). The van der Waals surface area contributed by atoms with Crippen LogP contribution in [0.25, 0.3) is 0 Å². The molecule has 19 heavy (non-hydrogen) atoms. The first kappa shape index (κ1) is 14.4. The van der Waals surface area contributed by atoms with Crippen molar-refractivity contribution in [3.63, 3.8) is 0 Å². The summed E-state index contributed by atoms with van der Waals surface area (Å²) >= 11 is 0. The number of aromatic nitrogens is 2. The standard InChI is InChI=1S/C11H19N3O4S/c1-7-11(8(2)13-12-7)19(15,16)14-5-9(17-3)10(6-14)18-4/h9-10H,5-6H2,1-4H3,(H,12,13). The van der Waals surface area contributed by atoms with Gasteiger partial charge in [-0.25, -0.2) is 8.42 Å². The summed E-state index contributed by atoms with van der Waals surface area (Å²) in [5.74, 6) is 0. The predicted molar refractivity (Wildman–Crippen MR) is 68.4 cm³/mol. The lowest BCUT2D eigenvalue weighted by Gasteiger charge is -2.15. The Balaban J connectivity index is 2.32. The van der Waals surface area contributed by atoms with Crippen LogP contribution in [0, 0.1) is 13.8 Å². The number of H-pyrrole nitrogens is 1. The van der Waals surface area contributed by atoms with E-state index >= 15 is 0 Å². The number of rotatable bonds is 4. The minimum atomic E-state index is -3.56. The second-order valence-electron chi connectivity index (χ2n) is 4.63. The van der Waals surface area contributed by atoms with Crippen LogP contribution in [0.1, 0.15) is 11.4 Å². The second kappa shape index (κ2) is 5.20. The summed E-state index contributed by atoms with van der Waals surface area (Å²) in [5.41, 5.74) is 1.03. The number of aryl methyl sites for hydroxylation is 2. The van der Waals surface area contributed by atoms with Gasteiger partial charge in [0, 0.05) is 27.3 Å². The summed E-state index contributed by atoms with van der Waals surface area (Å²) in [6.45, 7) is 3.96. The Hall–Kier alpha value is -0.960. The third-order valence-corrected chi connectivity index (χ3v) is 5.54. The number of sulfonamides is 1. The van der Waals surface area contributed by atoms with Crippen molar-refractivity contribution in [3.8, 4) is 0 Å². The first-order valence-corrected chi connectivity index (χ1v) is 7.43. The largest absolute Gasteiger partial charge is 0.377 e. The van der Waals surface area contributed by atoms with Gasteiger partial charge in [-0.05, 0) is 13.8 Å². The monoisotopic (exact) mass is 289 g/mol. The van der Waals surface area contributed by atoms with Crippen molar-refractivity contribution in [2.45, 2.75) is 31.0 Å². The lowest BCUT2D eigenvalue weighted by molar-refractivity contribution is -0.00461. The molecule has 0 amide bonds. The molecule has 7 nitrogen and oxygen atoms in total. The first-order valence-electron chi connectivity index (χ1n) is 5.99. The molecule has 1 N–H and O–H groups in total. The van der Waals surface area contributed by atoms with E-state index in [1.807, 2.05) is 0 Å². The summed E-state index contributed by atoms with van der Waals surface area (Å²) in [4.78, 5) is 0.249. The molecule has 0 bridgehead atoms. The molecule has 2 atom stereocenters. The highest BCUT2D eigenvalue weighted by molar-refractivity contribution is 7.89. The van der Waals surface area contributed by atoms with Crippen LogP contribution in [0.2, 0.25) is 0 Å². The van der Waals surface area contributed by atoms with Gasteiger partial charge in [0.15, 0.2) is 0 Å². The third-order valence-electron chi connectivity index (χ3n) is 3.45. The fraction of sp³-hybridized carbons (Fsp3) is 0.727. The summed E-state index contributed by atoms with van der Waals surface area (Å²) in [5, 5.41) is 6.64. The van der Waals surface area contributed by atoms with E-state index in [4.69, 9.17) is 9.47 Å². The Bertz CT molecular complexity index is 523. The fourth-order valence-electron chi connectivity index (χ4n) is 2.41. The maximum Gasteiger partial charge on any atom is 0.246 e. The Morgan fingerprint density at radius 2 is 1.74 bits per heavy atom. The quantitative estimate of drug-likeness (QED) is 0.847. The van der Waals surface area contributed by atoms with Crippen molar-refractivity contribution >= 4 is 10.0 Å². The van der Waals surface area contributed by atoms with E-state index in [1.54, 1.807) is 28.1 Å². The van der Waals surface area contributed by atoms with E-state index in [-0.39, 0.29) is 17.1 Å². The summed E-state index contributed by atoms with van der Waals surface area (Å²) in [6, 6.07) is 0. The Kier molecular flexibility index (Phi) is 3.95. The average Bonchev–Trinajstić information content (AvgIpc) is 2.93. The molecule has 2 heterocycles. The van der Waals surface area contributed by atoms with Gasteiger partial charge in [-0.3, -0.25) is 5.10 Å². The van der Waals surface area contributed by atoms with Crippen molar-refractivity contribution < 1.29 is 17.9 Å². The second-order valence-corrected chi connectivity index (χ2v) is 6.51. The van der Waals surface area contributed by atoms with Crippen LogP contribution in [-0.4, -0.2) is 62.4 Å². The highest BCUT2D eigenvalue weighted by Gasteiger charge is 2.41. The summed E-state index contributed by atoms with van der Waals surface area (Å²) in [7, 11) is -0.450. The molecule has 0 aromatic carbocycles. The number of methoxy groups -OCH3 is 2. The zero-order valence-electron chi connectivity index (χ0n) is 11.5. The van der Waals surface area contributed by atoms with Crippen LogP contribution in [0.3, 0.4) is 0 Å². The van der Waals surface area contributed by atoms with Crippen LogP contribution in [0.5, 0.6) is 0 Å². The van der Waals surface area contributed by atoms with Crippen LogP contribution in [0.15, 0.2) is 4.90 Å². The molecule has 0 spiro atoms. The average molecular weight is 289 g/mol. The molecule has 1 saturated heterocycles. The normalized spacial score (nSPS) is 25.1. The van der Waals surface area contributed by atoms with Crippen molar-refractivity contribution in [3.05, 3.63) is 11.4 Å². The van der Waals surface area contributed by atoms with E-state index in [0.29, 0.717) is 24.5 Å². The smallest absolute Gasteiger partial charge is 0.246 e. The van der Waals surface area contributed by atoms with E-state index in [1.165, 1.54) is 4.31 Å². The molecule has 0 saturated carbocycles. The van der Waals surface area contributed by atoms with Gasteiger partial charge < -0.3 is 9.47 Å². The maximum absolute atomic E-state index is 12.6. The van der Waals surface area contributed by atoms with Gasteiger partial charge in [0.05, 0.1) is 23.6 Å². The SMILES string of the molecule is COC1CN(S(=O)(=O)c2c(C)n[nH]c2C)CC1OC. The van der Waals surface area contributed by atoms with Crippen molar-refractivity contribution in [2.24, 2.45) is 0 Å². The minimum absolute atomic E-state index is 0.243. The molecule has 0 aliphatic carbocycles. The fourth-order valence-corrected chi connectivity index (χ4v) is 4.21. The van der Waals surface area contributed by atoms with E-state index in [2.05, 4.69) is 10.2 Å². The molecular formula is C11H19N3O4S. The Morgan fingerprint density at radius 1 is 1.21 bits per heavy atom. The van der Waals surface area contributed by atoms with E-state index in [0.717, 1.165) is 0 Å². The number of nitrogens with one attached hydrogen (secondary N) is 1. The first-order chi connectivity index (χ1) is 8.91. The van der Waals surface area contributed by atoms with Crippen molar-refractivity contribution in [1.29, 1.82) is 0 Å². The molecule has 8 heteroatoms. The molecule has 0 radical (unpaired) electrons. The zero-order valence-corrected chi connectivity index (χ0v) is 12.3. The maximum atomic E-state index is 12.6. The number of hydrogen-bond donors (Lipinski definition) is 1. The number of nitrogens with zero attached hydrogens (tertiary/aromatic N) is 2. The van der Waals surface area contributed by atoms with E-state index in [9.17, 15) is 8.42 Å². The third kappa shape index (κ3) is 2.40. The van der Waals surface area contributed by atoms with Gasteiger partial charge in [0.1, 0.15) is 4.90 Å². The molecular weight excluding hydrogens is 270 g/mol. The topological polar surface area (TPSA) is 84.5 Å². The molecule has 108 valence electrons. The highest BCUT2D eigenvalue weighted by atomic mass is 32.2. The molecule has 1 aromatic heterocycles. The van der Waals surface area contributed by atoms with Gasteiger partial charge in [0.2, 0.25) is 10.0 Å². The lowest BCUT2D eigenvalue weighted by Crippen LogP contribution is -2.30. The Morgan fingerprint density at radius 3 is 2.11 bits per heavy atom. The highest BCUT2D eigenvalue weighted by Crippen LogP contribution is 2.26. The van der Waals surface area contributed by atoms with Gasteiger partial charge in [0.25, 0.3) is 0 Å². The summed E-state index contributed by atoms with van der Waals surface area (Å²) < 4.78 is 37.1. The molecule has 1 fully saturated rings. The zero-order chi connectivity index (χ0) is 14.2. The number of hydrogen-bond acceptors (Lipinski definition) is 5. The molecule has 1 aromatic rings. The van der Waals surface area contributed by atoms with Crippen molar-refractivity contribution in [2.75, 3.05) is 27.3 Å². The van der Waals surface area contributed by atoms with Crippen LogP contribution < -0.4 is 0 Å². The van der Waals surface area contributed by atoms with E-state index < -0.39 is 10.0 Å². The number of ether oxygens (including phenoxy) is 2. The van der Waals surface area contributed by atoms with Gasteiger partial charge in [-0.15, -0.1) is 0 Å². The number of aromatic amines is 1. The molecule has 1 aliphatic rings. The Labute approximate surface area is 112 Å². The van der Waals surface area contributed by atoms with Gasteiger partial charge in [-0.2, -0.15) is 9.40 Å². The van der Waals surface area contributed by atoms with Gasteiger partial charge >= 0.3 is 0 Å². The summed E-state index contributed by atoms with van der Waals surface area (Å²) in [6.07, 6.45) is -0.487. The minimum Gasteiger partial charge on any atom is -0.377 e. The lowest BCUT2D eigenvalue weighted by atomic mass is 10.3. The van der Waals surface area contributed by atoms with Crippen molar-refractivity contribution in [1.82, 2.24) is 14.5 Å². The predicted octanol–water partition coefficient (Wildman–Crippen LogP) is 0.0608. The van der Waals surface area contributed by atoms with Gasteiger partial charge in [-0.1, -0.05) is 0 Å². The van der Waals surface area contributed by atoms with Crippen LogP contribution >= 0.6 is 0 Å².